The molecule has 6 nitrogen and oxygen atoms in total. The van der Waals surface area contributed by atoms with E-state index in [1.54, 1.807) is 13.2 Å². The minimum Gasteiger partial charge on any atom is -0.497 e. The molecule has 0 fully saturated rings. The van der Waals surface area contributed by atoms with Crippen molar-refractivity contribution >= 4 is 39.3 Å². The van der Waals surface area contributed by atoms with Crippen molar-refractivity contribution < 1.29 is 9.53 Å². The van der Waals surface area contributed by atoms with Crippen LogP contribution in [0.15, 0.2) is 58.2 Å². The molecule has 27 heavy (non-hydrogen) atoms. The van der Waals surface area contributed by atoms with E-state index in [9.17, 15) is 4.79 Å². The van der Waals surface area contributed by atoms with Gasteiger partial charge in [0.2, 0.25) is 5.91 Å². The van der Waals surface area contributed by atoms with E-state index in [1.165, 1.54) is 11.8 Å². The van der Waals surface area contributed by atoms with Crippen molar-refractivity contribution in [1.29, 1.82) is 0 Å². The lowest BCUT2D eigenvalue weighted by Crippen LogP contribution is -2.14. The van der Waals surface area contributed by atoms with E-state index < -0.39 is 0 Å². The number of benzene rings is 2. The normalized spacial score (nSPS) is 10.6. The van der Waals surface area contributed by atoms with Crippen LogP contribution in [0.4, 0.5) is 5.69 Å². The van der Waals surface area contributed by atoms with E-state index in [0.717, 1.165) is 27.6 Å². The maximum absolute atomic E-state index is 12.3. The number of rotatable bonds is 7. The van der Waals surface area contributed by atoms with Crippen molar-refractivity contribution in [1.82, 2.24) is 14.8 Å². The Kier molecular flexibility index (Phi) is 6.52. The summed E-state index contributed by atoms with van der Waals surface area (Å²) in [6.07, 6.45) is 0. The standard InChI is InChI=1S/C19H19BrN4O2S/c1-3-24-18(13-7-9-14(20)10-8-13)22-23-19(24)27-12-17(25)21-15-5-4-6-16(11-15)26-2/h4-11H,3,12H2,1-2H3,(H,21,25). The molecule has 0 unspecified atom stereocenters. The Bertz CT molecular complexity index is 928. The molecule has 2 aromatic carbocycles. The lowest BCUT2D eigenvalue weighted by Gasteiger charge is -2.08. The van der Waals surface area contributed by atoms with Crippen LogP contribution in [-0.2, 0) is 11.3 Å². The first kappa shape index (κ1) is 19.4. The summed E-state index contributed by atoms with van der Waals surface area (Å²) in [5.74, 6) is 1.63. The second-order valence-electron chi connectivity index (χ2n) is 5.63. The van der Waals surface area contributed by atoms with Crippen molar-refractivity contribution in [2.75, 3.05) is 18.2 Å². The minimum atomic E-state index is -0.107. The summed E-state index contributed by atoms with van der Waals surface area (Å²) in [5.41, 5.74) is 1.69. The van der Waals surface area contributed by atoms with Gasteiger partial charge in [0.1, 0.15) is 5.75 Å². The molecule has 0 spiro atoms. The van der Waals surface area contributed by atoms with Crippen LogP contribution in [-0.4, -0.2) is 33.5 Å². The smallest absolute Gasteiger partial charge is 0.234 e. The predicted molar refractivity (Wildman–Crippen MR) is 111 cm³/mol. The summed E-state index contributed by atoms with van der Waals surface area (Å²) in [6, 6.07) is 15.2. The molecule has 0 atom stereocenters. The maximum atomic E-state index is 12.3. The number of carbonyl (C=O) groups is 1. The Hall–Kier alpha value is -2.32. The minimum absolute atomic E-state index is 0.107. The van der Waals surface area contributed by atoms with Gasteiger partial charge in [0.15, 0.2) is 11.0 Å². The third-order valence-electron chi connectivity index (χ3n) is 3.82. The fourth-order valence-corrected chi connectivity index (χ4v) is 3.59. The zero-order valence-electron chi connectivity index (χ0n) is 15.0. The van der Waals surface area contributed by atoms with Gasteiger partial charge in [0, 0.05) is 28.3 Å². The van der Waals surface area contributed by atoms with E-state index in [2.05, 4.69) is 31.4 Å². The number of nitrogens with one attached hydrogen (secondary N) is 1. The monoisotopic (exact) mass is 446 g/mol. The lowest BCUT2D eigenvalue weighted by atomic mass is 10.2. The van der Waals surface area contributed by atoms with Gasteiger partial charge < -0.3 is 14.6 Å². The third-order valence-corrected chi connectivity index (χ3v) is 5.32. The Balaban J connectivity index is 1.67. The van der Waals surface area contributed by atoms with Gasteiger partial charge in [0.25, 0.3) is 0 Å². The second-order valence-corrected chi connectivity index (χ2v) is 7.48. The number of halogens is 1. The quantitative estimate of drug-likeness (QED) is 0.542. The molecule has 0 bridgehead atoms. The van der Waals surface area contributed by atoms with E-state index >= 15 is 0 Å². The molecule has 1 heterocycles. The molecule has 0 radical (unpaired) electrons. The first-order valence-electron chi connectivity index (χ1n) is 8.36. The topological polar surface area (TPSA) is 69.0 Å². The highest BCUT2D eigenvalue weighted by atomic mass is 79.9. The van der Waals surface area contributed by atoms with Gasteiger partial charge in [-0.05, 0) is 31.2 Å². The van der Waals surface area contributed by atoms with E-state index in [4.69, 9.17) is 4.74 Å². The zero-order chi connectivity index (χ0) is 19.2. The number of thioether (sulfide) groups is 1. The Labute approximate surface area is 170 Å². The molecule has 0 aliphatic heterocycles. The number of ether oxygens (including phenoxy) is 1. The summed E-state index contributed by atoms with van der Waals surface area (Å²) >= 11 is 4.80. The lowest BCUT2D eigenvalue weighted by molar-refractivity contribution is -0.113. The van der Waals surface area contributed by atoms with Crippen LogP contribution in [0.5, 0.6) is 5.75 Å². The van der Waals surface area contributed by atoms with Crippen LogP contribution < -0.4 is 10.1 Å². The van der Waals surface area contributed by atoms with E-state index in [-0.39, 0.29) is 11.7 Å². The summed E-state index contributed by atoms with van der Waals surface area (Å²) in [5, 5.41) is 12.1. The van der Waals surface area contributed by atoms with E-state index in [1.807, 2.05) is 54.0 Å². The highest BCUT2D eigenvalue weighted by Gasteiger charge is 2.14. The van der Waals surface area contributed by atoms with Gasteiger partial charge in [-0.25, -0.2) is 0 Å². The van der Waals surface area contributed by atoms with Crippen LogP contribution >= 0.6 is 27.7 Å². The van der Waals surface area contributed by atoms with Crippen LogP contribution in [0.2, 0.25) is 0 Å². The van der Waals surface area contributed by atoms with E-state index in [0.29, 0.717) is 11.4 Å². The van der Waals surface area contributed by atoms with Gasteiger partial charge >= 0.3 is 0 Å². The number of amides is 1. The molecule has 140 valence electrons. The predicted octanol–water partition coefficient (Wildman–Crippen LogP) is 4.47. The average molecular weight is 447 g/mol. The van der Waals surface area contributed by atoms with Gasteiger partial charge in [-0.15, -0.1) is 10.2 Å². The highest BCUT2D eigenvalue weighted by Crippen LogP contribution is 2.25. The number of hydrogen-bond donors (Lipinski definition) is 1. The van der Waals surface area contributed by atoms with Crippen molar-refractivity contribution in [2.24, 2.45) is 0 Å². The van der Waals surface area contributed by atoms with Crippen LogP contribution in [0.1, 0.15) is 6.92 Å². The molecule has 0 aliphatic carbocycles. The van der Waals surface area contributed by atoms with Crippen LogP contribution in [0, 0.1) is 0 Å². The SMILES string of the molecule is CCn1c(SCC(=O)Nc2cccc(OC)c2)nnc1-c1ccc(Br)cc1. The molecule has 0 aliphatic rings. The fraction of sp³-hybridized carbons (Fsp3) is 0.211. The molecule has 0 saturated heterocycles. The largest absolute Gasteiger partial charge is 0.497 e. The molecule has 1 aromatic heterocycles. The molecule has 3 rings (SSSR count). The maximum Gasteiger partial charge on any atom is 0.234 e. The van der Waals surface area contributed by atoms with Gasteiger partial charge in [-0.3, -0.25) is 4.79 Å². The average Bonchev–Trinajstić information content (AvgIpc) is 3.10. The summed E-state index contributed by atoms with van der Waals surface area (Å²) in [7, 11) is 1.59. The molecule has 0 saturated carbocycles. The van der Waals surface area contributed by atoms with Crippen molar-refractivity contribution in [3.63, 3.8) is 0 Å². The molecule has 8 heteroatoms. The van der Waals surface area contributed by atoms with Crippen molar-refractivity contribution in [3.8, 4) is 17.1 Å². The Morgan fingerprint density at radius 1 is 1.22 bits per heavy atom. The van der Waals surface area contributed by atoms with Gasteiger partial charge in [-0.1, -0.05) is 45.9 Å². The zero-order valence-corrected chi connectivity index (χ0v) is 17.4. The Morgan fingerprint density at radius 2 is 2.00 bits per heavy atom. The number of aromatic nitrogens is 3. The molecular weight excluding hydrogens is 428 g/mol. The third kappa shape index (κ3) is 4.90. The fourth-order valence-electron chi connectivity index (χ4n) is 2.52. The van der Waals surface area contributed by atoms with Crippen LogP contribution in [0.3, 0.4) is 0 Å². The highest BCUT2D eigenvalue weighted by molar-refractivity contribution is 9.10. The number of nitrogens with zero attached hydrogens (tertiary/aromatic N) is 3. The first-order chi connectivity index (χ1) is 13.1. The number of carbonyl (C=O) groups excluding carboxylic acids is 1. The summed E-state index contributed by atoms with van der Waals surface area (Å²) in [6.45, 7) is 2.75. The van der Waals surface area contributed by atoms with Crippen LogP contribution in [0.25, 0.3) is 11.4 Å². The summed E-state index contributed by atoms with van der Waals surface area (Å²) < 4.78 is 8.19. The molecule has 1 N–H and O–H groups in total. The summed E-state index contributed by atoms with van der Waals surface area (Å²) in [4.78, 5) is 12.3. The van der Waals surface area contributed by atoms with Gasteiger partial charge in [-0.2, -0.15) is 0 Å². The number of methoxy groups -OCH3 is 1. The van der Waals surface area contributed by atoms with Crippen molar-refractivity contribution in [2.45, 2.75) is 18.6 Å². The Morgan fingerprint density at radius 3 is 2.70 bits per heavy atom. The molecular formula is C19H19BrN4O2S. The molecule has 1 amide bonds. The van der Waals surface area contributed by atoms with Crippen molar-refractivity contribution in [3.05, 3.63) is 53.0 Å². The number of anilines is 1. The second kappa shape index (κ2) is 9.05. The first-order valence-corrected chi connectivity index (χ1v) is 10.1. The molecule has 3 aromatic rings. The van der Waals surface area contributed by atoms with Gasteiger partial charge in [0.05, 0.1) is 12.9 Å². The number of hydrogen-bond acceptors (Lipinski definition) is 5.